The van der Waals surface area contributed by atoms with Crippen LogP contribution in [-0.4, -0.2) is 18.5 Å². The number of nitrogens with zero attached hydrogens (tertiary/aromatic N) is 2. The van der Waals surface area contributed by atoms with Gasteiger partial charge in [-0.1, -0.05) is 6.07 Å². The standard InChI is InChI=1S/C12H11N3O/c13-6-8-2-1-3-10-12(8)14-11(16)7-15(10)9-4-5-9/h1-3,9H,4-5,7H2,(H,14,16). The van der Waals surface area contributed by atoms with Crippen molar-refractivity contribution in [1.29, 1.82) is 5.26 Å². The number of benzene rings is 1. The highest BCUT2D eigenvalue weighted by atomic mass is 16.2. The van der Waals surface area contributed by atoms with E-state index in [9.17, 15) is 4.79 Å². The highest BCUT2D eigenvalue weighted by Gasteiger charge is 2.35. The second-order valence-corrected chi connectivity index (χ2v) is 4.22. The summed E-state index contributed by atoms with van der Waals surface area (Å²) >= 11 is 0. The minimum atomic E-state index is -0.0258. The fourth-order valence-corrected chi connectivity index (χ4v) is 2.13. The number of carbonyl (C=O) groups excluding carboxylic acids is 1. The van der Waals surface area contributed by atoms with E-state index in [0.29, 0.717) is 23.8 Å². The lowest BCUT2D eigenvalue weighted by atomic mass is 10.1. The van der Waals surface area contributed by atoms with Crippen molar-refractivity contribution in [3.63, 3.8) is 0 Å². The number of anilines is 2. The van der Waals surface area contributed by atoms with Gasteiger partial charge in [0.15, 0.2) is 0 Å². The molecule has 1 heterocycles. The first-order valence-electron chi connectivity index (χ1n) is 5.39. The number of carbonyl (C=O) groups is 1. The second-order valence-electron chi connectivity index (χ2n) is 4.22. The van der Waals surface area contributed by atoms with Gasteiger partial charge < -0.3 is 10.2 Å². The topological polar surface area (TPSA) is 56.1 Å². The van der Waals surface area contributed by atoms with Gasteiger partial charge in [0, 0.05) is 6.04 Å². The van der Waals surface area contributed by atoms with Gasteiger partial charge >= 0.3 is 0 Å². The van der Waals surface area contributed by atoms with Crippen LogP contribution in [0.4, 0.5) is 11.4 Å². The van der Waals surface area contributed by atoms with Crippen LogP contribution < -0.4 is 10.2 Å². The molecule has 0 unspecified atom stereocenters. The molecule has 16 heavy (non-hydrogen) atoms. The Morgan fingerprint density at radius 1 is 1.44 bits per heavy atom. The SMILES string of the molecule is N#Cc1cccc2c1NC(=O)CN2C1CC1. The first kappa shape index (κ1) is 9.22. The van der Waals surface area contributed by atoms with Gasteiger partial charge in [-0.25, -0.2) is 0 Å². The summed E-state index contributed by atoms with van der Waals surface area (Å²) in [7, 11) is 0. The van der Waals surface area contributed by atoms with E-state index in [1.165, 1.54) is 0 Å². The minimum absolute atomic E-state index is 0.0258. The Hall–Kier alpha value is -2.02. The minimum Gasteiger partial charge on any atom is -0.358 e. The van der Waals surface area contributed by atoms with Crippen molar-refractivity contribution in [2.24, 2.45) is 0 Å². The summed E-state index contributed by atoms with van der Waals surface area (Å²) in [5, 5.41) is 11.8. The highest BCUT2D eigenvalue weighted by molar-refractivity contribution is 6.03. The number of nitrogens with one attached hydrogen (secondary N) is 1. The summed E-state index contributed by atoms with van der Waals surface area (Å²) < 4.78 is 0. The molecule has 0 aromatic heterocycles. The van der Waals surface area contributed by atoms with E-state index >= 15 is 0 Å². The Morgan fingerprint density at radius 3 is 2.94 bits per heavy atom. The molecule has 3 rings (SSSR count). The van der Waals surface area contributed by atoms with Crippen LogP contribution in [0.3, 0.4) is 0 Å². The van der Waals surface area contributed by atoms with Gasteiger partial charge in [-0.2, -0.15) is 5.26 Å². The van der Waals surface area contributed by atoms with Gasteiger partial charge in [0.2, 0.25) is 5.91 Å². The van der Waals surface area contributed by atoms with Crippen LogP contribution in [0.1, 0.15) is 18.4 Å². The zero-order valence-corrected chi connectivity index (χ0v) is 8.73. The van der Waals surface area contributed by atoms with Crippen molar-refractivity contribution in [2.45, 2.75) is 18.9 Å². The number of nitriles is 1. The monoisotopic (exact) mass is 213 g/mol. The van der Waals surface area contributed by atoms with Gasteiger partial charge in [-0.3, -0.25) is 4.79 Å². The van der Waals surface area contributed by atoms with Gasteiger partial charge in [0.25, 0.3) is 0 Å². The molecule has 0 spiro atoms. The molecule has 4 heteroatoms. The molecule has 2 aliphatic rings. The predicted octanol–water partition coefficient (Wildman–Crippen LogP) is 1.48. The maximum Gasteiger partial charge on any atom is 0.243 e. The average Bonchev–Trinajstić information content (AvgIpc) is 3.11. The van der Waals surface area contributed by atoms with Crippen molar-refractivity contribution < 1.29 is 4.79 Å². The van der Waals surface area contributed by atoms with Crippen LogP contribution in [0.15, 0.2) is 18.2 Å². The Morgan fingerprint density at radius 2 is 2.25 bits per heavy atom. The van der Waals surface area contributed by atoms with Crippen molar-refractivity contribution in [2.75, 3.05) is 16.8 Å². The Balaban J connectivity index is 2.12. The Bertz CT molecular complexity index is 499. The normalized spacial score (nSPS) is 18.7. The second kappa shape index (κ2) is 3.24. The molecule has 1 aliphatic heterocycles. The molecule has 0 bridgehead atoms. The summed E-state index contributed by atoms with van der Waals surface area (Å²) in [5.74, 6) is -0.0258. The Labute approximate surface area is 93.5 Å². The van der Waals surface area contributed by atoms with Gasteiger partial charge in [0.05, 0.1) is 23.5 Å². The lowest BCUT2D eigenvalue weighted by molar-refractivity contribution is -0.115. The van der Waals surface area contributed by atoms with Crippen LogP contribution in [0.2, 0.25) is 0 Å². The molecular weight excluding hydrogens is 202 g/mol. The smallest absolute Gasteiger partial charge is 0.243 e. The van der Waals surface area contributed by atoms with E-state index in [2.05, 4.69) is 16.3 Å². The van der Waals surface area contributed by atoms with E-state index in [0.717, 1.165) is 18.5 Å². The molecule has 1 saturated carbocycles. The van der Waals surface area contributed by atoms with Crippen molar-refractivity contribution in [1.82, 2.24) is 0 Å². The molecule has 0 radical (unpaired) electrons. The van der Waals surface area contributed by atoms with E-state index in [4.69, 9.17) is 5.26 Å². The summed E-state index contributed by atoms with van der Waals surface area (Å²) in [6.07, 6.45) is 2.28. The molecule has 1 aromatic rings. The van der Waals surface area contributed by atoms with Crippen LogP contribution in [-0.2, 0) is 4.79 Å². The number of fused-ring (bicyclic) bond motifs is 1. The molecule has 0 saturated heterocycles. The zero-order chi connectivity index (χ0) is 11.1. The Kier molecular flexibility index (Phi) is 1.87. The highest BCUT2D eigenvalue weighted by Crippen LogP contribution is 2.39. The molecule has 80 valence electrons. The van der Waals surface area contributed by atoms with E-state index < -0.39 is 0 Å². The van der Waals surface area contributed by atoms with Crippen LogP contribution >= 0.6 is 0 Å². The summed E-state index contributed by atoms with van der Waals surface area (Å²) in [5.41, 5.74) is 2.20. The fourth-order valence-electron chi connectivity index (χ4n) is 2.13. The predicted molar refractivity (Wildman–Crippen MR) is 60.2 cm³/mol. The lowest BCUT2D eigenvalue weighted by Crippen LogP contribution is -2.39. The molecule has 1 amide bonds. The average molecular weight is 213 g/mol. The largest absolute Gasteiger partial charge is 0.358 e. The quantitative estimate of drug-likeness (QED) is 0.768. The van der Waals surface area contributed by atoms with Crippen LogP contribution in [0.5, 0.6) is 0 Å². The maximum atomic E-state index is 11.6. The van der Waals surface area contributed by atoms with E-state index in [-0.39, 0.29) is 5.91 Å². The molecule has 1 N–H and O–H groups in total. The van der Waals surface area contributed by atoms with E-state index in [1.807, 2.05) is 12.1 Å². The first-order valence-corrected chi connectivity index (χ1v) is 5.39. The van der Waals surface area contributed by atoms with Crippen molar-refractivity contribution >= 4 is 17.3 Å². The number of hydrogen-bond donors (Lipinski definition) is 1. The fraction of sp³-hybridized carbons (Fsp3) is 0.333. The molecule has 1 aromatic carbocycles. The molecule has 1 fully saturated rings. The third-order valence-electron chi connectivity index (χ3n) is 3.04. The molecule has 0 atom stereocenters. The van der Waals surface area contributed by atoms with Gasteiger partial charge in [0.1, 0.15) is 6.07 Å². The maximum absolute atomic E-state index is 11.6. The lowest BCUT2D eigenvalue weighted by Gasteiger charge is -2.31. The summed E-state index contributed by atoms with van der Waals surface area (Å²) in [6, 6.07) is 8.16. The number of amides is 1. The molecule has 4 nitrogen and oxygen atoms in total. The van der Waals surface area contributed by atoms with Crippen molar-refractivity contribution in [3.05, 3.63) is 23.8 Å². The van der Waals surface area contributed by atoms with Crippen LogP contribution in [0, 0.1) is 11.3 Å². The summed E-state index contributed by atoms with van der Waals surface area (Å²) in [4.78, 5) is 13.7. The third kappa shape index (κ3) is 1.33. The summed E-state index contributed by atoms with van der Waals surface area (Å²) in [6.45, 7) is 0.409. The zero-order valence-electron chi connectivity index (χ0n) is 8.73. The molecular formula is C12H11N3O. The van der Waals surface area contributed by atoms with Crippen molar-refractivity contribution in [3.8, 4) is 6.07 Å². The van der Waals surface area contributed by atoms with Gasteiger partial charge in [-0.15, -0.1) is 0 Å². The number of hydrogen-bond acceptors (Lipinski definition) is 3. The third-order valence-corrected chi connectivity index (χ3v) is 3.04. The number of para-hydroxylation sites is 1. The number of rotatable bonds is 1. The van der Waals surface area contributed by atoms with Gasteiger partial charge in [-0.05, 0) is 25.0 Å². The first-order chi connectivity index (χ1) is 7.79. The molecule has 1 aliphatic carbocycles. The van der Waals surface area contributed by atoms with Crippen LogP contribution in [0.25, 0.3) is 0 Å². The van der Waals surface area contributed by atoms with E-state index in [1.54, 1.807) is 6.07 Å².